The van der Waals surface area contributed by atoms with Gasteiger partial charge in [-0.1, -0.05) is 12.1 Å². The van der Waals surface area contributed by atoms with Crippen LogP contribution < -0.4 is 11.5 Å². The Balaban J connectivity index is 0.000000178. The van der Waals surface area contributed by atoms with Gasteiger partial charge in [0.15, 0.2) is 0 Å². The van der Waals surface area contributed by atoms with Crippen LogP contribution in [0, 0.1) is 27.7 Å². The molecule has 0 amide bonds. The van der Waals surface area contributed by atoms with Crippen molar-refractivity contribution in [2.24, 2.45) is 0 Å². The normalized spacial score (nSPS) is 11.0. The fourth-order valence-electron chi connectivity index (χ4n) is 5.67. The van der Waals surface area contributed by atoms with Crippen molar-refractivity contribution in [1.82, 2.24) is 20.4 Å². The van der Waals surface area contributed by atoms with Gasteiger partial charge in [0.25, 0.3) is 0 Å². The summed E-state index contributed by atoms with van der Waals surface area (Å²) in [5, 5.41) is 44.2. The molecule has 0 bridgehead atoms. The van der Waals surface area contributed by atoms with Crippen molar-refractivity contribution >= 4 is 45.1 Å². The largest absolute Gasteiger partial charge is 0.508 e. The highest BCUT2D eigenvalue weighted by Gasteiger charge is 2.23. The number of methoxy groups -OCH3 is 1. The summed E-state index contributed by atoms with van der Waals surface area (Å²) in [6.45, 7) is 7.41. The van der Waals surface area contributed by atoms with E-state index in [9.17, 15) is 24.9 Å². The number of aromatic hydroxyl groups is 2. The van der Waals surface area contributed by atoms with Gasteiger partial charge in [0.1, 0.15) is 22.6 Å². The molecule has 12 nitrogen and oxygen atoms in total. The van der Waals surface area contributed by atoms with E-state index >= 15 is 0 Å². The number of anilines is 2. The number of ether oxygens (including phenoxy) is 1. The number of aromatic nitrogens is 4. The van der Waals surface area contributed by atoms with Gasteiger partial charge in [0.2, 0.25) is 0 Å². The zero-order valence-corrected chi connectivity index (χ0v) is 25.2. The molecule has 6 rings (SSSR count). The number of carbonyl (C=O) groups excluding carboxylic acids is 1. The minimum atomic E-state index is -1.12. The van der Waals surface area contributed by atoms with Crippen LogP contribution in [0.2, 0.25) is 0 Å². The lowest BCUT2D eigenvalue weighted by molar-refractivity contribution is 0.0603. The van der Waals surface area contributed by atoms with Crippen LogP contribution in [0.15, 0.2) is 48.8 Å². The molecule has 2 heterocycles. The van der Waals surface area contributed by atoms with E-state index in [2.05, 4.69) is 20.4 Å². The summed E-state index contributed by atoms with van der Waals surface area (Å²) in [4.78, 5) is 23.7. The third-order valence-electron chi connectivity index (χ3n) is 7.99. The van der Waals surface area contributed by atoms with Crippen LogP contribution in [0.25, 0.3) is 44.1 Å². The number of nitrogen functional groups attached to an aromatic ring is 2. The Hall–Kier alpha value is -6.04. The second kappa shape index (κ2) is 11.6. The Kier molecular flexibility index (Phi) is 7.82. The van der Waals surface area contributed by atoms with Crippen molar-refractivity contribution in [2.45, 2.75) is 27.7 Å². The van der Waals surface area contributed by atoms with E-state index in [0.29, 0.717) is 44.4 Å². The minimum absolute atomic E-state index is 0.00728. The number of nitrogens with two attached hydrogens (primary N) is 2. The molecule has 0 spiro atoms. The van der Waals surface area contributed by atoms with Crippen molar-refractivity contribution in [3.05, 3.63) is 82.2 Å². The number of phenolic OH excluding ortho intramolecular Hbond substituents is 2. The number of carbonyl (C=O) groups is 2. The van der Waals surface area contributed by atoms with Crippen LogP contribution in [0.4, 0.5) is 11.4 Å². The molecular formula is C33H32N6O6. The van der Waals surface area contributed by atoms with Gasteiger partial charge in [-0.05, 0) is 85.3 Å². The fourth-order valence-corrected chi connectivity index (χ4v) is 5.67. The number of esters is 1. The first-order chi connectivity index (χ1) is 21.4. The molecule has 9 N–H and O–H groups in total. The van der Waals surface area contributed by atoms with E-state index in [1.54, 1.807) is 43.6 Å². The van der Waals surface area contributed by atoms with E-state index in [-0.39, 0.29) is 28.3 Å². The number of hydrogen-bond acceptors (Lipinski definition) is 9. The molecule has 0 radical (unpaired) electrons. The van der Waals surface area contributed by atoms with Crippen LogP contribution in [0.5, 0.6) is 11.5 Å². The van der Waals surface area contributed by atoms with E-state index < -0.39 is 11.9 Å². The third-order valence-corrected chi connectivity index (χ3v) is 7.99. The first-order valence-corrected chi connectivity index (χ1v) is 13.8. The molecular weight excluding hydrogens is 576 g/mol. The van der Waals surface area contributed by atoms with Crippen LogP contribution in [0.1, 0.15) is 43.0 Å². The molecule has 4 aromatic carbocycles. The zero-order valence-electron chi connectivity index (χ0n) is 25.2. The number of carboxylic acids is 1. The zero-order chi connectivity index (χ0) is 32.7. The minimum Gasteiger partial charge on any atom is -0.508 e. The van der Waals surface area contributed by atoms with Crippen LogP contribution in [0.3, 0.4) is 0 Å². The van der Waals surface area contributed by atoms with Gasteiger partial charge in [0.05, 0.1) is 41.9 Å². The summed E-state index contributed by atoms with van der Waals surface area (Å²) in [5.41, 5.74) is 20.0. The molecule has 0 saturated heterocycles. The van der Waals surface area contributed by atoms with Crippen LogP contribution >= 0.6 is 0 Å². The lowest BCUT2D eigenvalue weighted by atomic mass is 9.91. The predicted molar refractivity (Wildman–Crippen MR) is 172 cm³/mol. The smallest absolute Gasteiger partial charge is 0.342 e. The van der Waals surface area contributed by atoms with Crippen molar-refractivity contribution in [3.63, 3.8) is 0 Å². The Labute approximate surface area is 257 Å². The second-order valence-corrected chi connectivity index (χ2v) is 10.7. The van der Waals surface area contributed by atoms with Crippen LogP contribution in [-0.4, -0.2) is 54.8 Å². The summed E-state index contributed by atoms with van der Waals surface area (Å²) in [6.07, 6.45) is 3.18. The fraction of sp³-hybridized carbons (Fsp3) is 0.152. The third kappa shape index (κ3) is 5.12. The quantitative estimate of drug-likeness (QED) is 0.0949. The number of nitrogens with zero attached hydrogens (tertiary/aromatic N) is 2. The van der Waals surface area contributed by atoms with E-state index in [0.717, 1.165) is 27.6 Å². The molecule has 230 valence electrons. The predicted octanol–water partition coefficient (Wildman–Crippen LogP) is 5.75. The SMILES string of the molecule is COC(=O)c1c(N)c(-c2c(C)ccc(O)c2C)cc2cn[nH]c12.Cc1ccc(O)c(C)c1-c1cc2cn[nH]c2c(C(=O)O)c1N. The average molecular weight is 609 g/mol. The highest BCUT2D eigenvalue weighted by molar-refractivity contribution is 6.12. The molecule has 0 atom stereocenters. The second-order valence-electron chi connectivity index (χ2n) is 10.7. The lowest BCUT2D eigenvalue weighted by Crippen LogP contribution is -2.08. The van der Waals surface area contributed by atoms with Gasteiger partial charge in [-0.2, -0.15) is 10.2 Å². The van der Waals surface area contributed by atoms with Crippen molar-refractivity contribution < 1.29 is 29.6 Å². The molecule has 0 aliphatic carbocycles. The van der Waals surface area contributed by atoms with E-state index in [1.165, 1.54) is 7.11 Å². The molecule has 0 aliphatic heterocycles. The number of aromatic amines is 2. The average Bonchev–Trinajstić information content (AvgIpc) is 3.67. The van der Waals surface area contributed by atoms with Gasteiger partial charge >= 0.3 is 11.9 Å². The number of benzene rings is 4. The van der Waals surface area contributed by atoms with Crippen molar-refractivity contribution in [2.75, 3.05) is 18.6 Å². The van der Waals surface area contributed by atoms with Gasteiger partial charge in [-0.3, -0.25) is 10.2 Å². The maximum atomic E-state index is 12.2. The molecule has 0 aliphatic rings. The maximum Gasteiger partial charge on any atom is 0.342 e. The Morgan fingerprint density at radius 3 is 1.58 bits per heavy atom. The first kappa shape index (κ1) is 30.4. The number of hydrogen-bond donors (Lipinski definition) is 7. The highest BCUT2D eigenvalue weighted by Crippen LogP contribution is 2.41. The number of phenols is 2. The monoisotopic (exact) mass is 608 g/mol. The molecule has 12 heteroatoms. The number of rotatable bonds is 4. The molecule has 0 saturated carbocycles. The van der Waals surface area contributed by atoms with Crippen molar-refractivity contribution in [3.8, 4) is 33.8 Å². The molecule has 45 heavy (non-hydrogen) atoms. The number of H-pyrrole nitrogens is 2. The summed E-state index contributed by atoms with van der Waals surface area (Å²) in [5.74, 6) is -1.33. The molecule has 0 unspecified atom stereocenters. The number of nitrogens with one attached hydrogen (secondary N) is 2. The number of aryl methyl sites for hydroxylation is 2. The Bertz CT molecular complexity index is 2150. The van der Waals surface area contributed by atoms with Gasteiger partial charge in [-0.25, -0.2) is 9.59 Å². The molecule has 6 aromatic rings. The standard InChI is InChI=1S/C17H17N3O3.C16H15N3O3/c1-8-4-5-12(21)9(2)13(8)11-6-10-7-19-20-16(10)14(15(11)18)17(22)23-3;1-7-3-4-11(20)8(2)12(7)10-5-9-6-18-19-15(9)13(14(10)17)16(21)22/h4-7,21H,18H2,1-3H3,(H,19,20);3-6,20H,17H2,1-2H3,(H,18,19)(H,21,22). The summed E-state index contributed by atoms with van der Waals surface area (Å²) >= 11 is 0. The Morgan fingerprint density at radius 1 is 0.733 bits per heavy atom. The lowest BCUT2D eigenvalue weighted by Gasteiger charge is -2.16. The number of aromatic carboxylic acids is 1. The van der Waals surface area contributed by atoms with Gasteiger partial charge < -0.3 is 31.5 Å². The summed E-state index contributed by atoms with van der Waals surface area (Å²) < 4.78 is 4.85. The highest BCUT2D eigenvalue weighted by atomic mass is 16.5. The summed E-state index contributed by atoms with van der Waals surface area (Å²) in [7, 11) is 1.31. The maximum absolute atomic E-state index is 12.2. The van der Waals surface area contributed by atoms with Crippen LogP contribution in [-0.2, 0) is 4.74 Å². The van der Waals surface area contributed by atoms with Gasteiger partial charge in [0, 0.05) is 21.9 Å². The number of carboxylic acid groups (broad SMARTS) is 1. The van der Waals surface area contributed by atoms with E-state index in [1.807, 2.05) is 32.9 Å². The van der Waals surface area contributed by atoms with Crippen molar-refractivity contribution in [1.29, 1.82) is 0 Å². The first-order valence-electron chi connectivity index (χ1n) is 13.8. The van der Waals surface area contributed by atoms with Gasteiger partial charge in [-0.15, -0.1) is 0 Å². The Morgan fingerprint density at radius 2 is 1.16 bits per heavy atom. The number of fused-ring (bicyclic) bond motifs is 2. The molecule has 0 fully saturated rings. The topological polar surface area (TPSA) is 213 Å². The summed E-state index contributed by atoms with van der Waals surface area (Å²) in [6, 6.07) is 10.5. The molecule has 2 aromatic heterocycles. The van der Waals surface area contributed by atoms with E-state index in [4.69, 9.17) is 16.2 Å².